The summed E-state index contributed by atoms with van der Waals surface area (Å²) in [5.41, 5.74) is 2.49. The molecule has 3 rings (SSSR count). The molecule has 8 heteroatoms. The number of anilines is 2. The highest BCUT2D eigenvalue weighted by molar-refractivity contribution is 7.17. The largest absolute Gasteiger partial charge is 0.344 e. The van der Waals surface area contributed by atoms with Gasteiger partial charge in [0.15, 0.2) is 5.13 Å². The molecule has 1 N–H and O–H groups in total. The van der Waals surface area contributed by atoms with Crippen molar-refractivity contribution in [1.82, 2.24) is 9.88 Å². The second-order valence-corrected chi connectivity index (χ2v) is 7.86. The van der Waals surface area contributed by atoms with Crippen molar-refractivity contribution >= 4 is 39.9 Å². The molecule has 3 amide bonds. The van der Waals surface area contributed by atoms with E-state index in [0.717, 1.165) is 22.6 Å². The fraction of sp³-hybridized carbons (Fsp3) is 0.368. The van der Waals surface area contributed by atoms with E-state index in [0.29, 0.717) is 22.2 Å². The van der Waals surface area contributed by atoms with Crippen LogP contribution in [0.1, 0.15) is 27.3 Å². The third-order valence-electron chi connectivity index (χ3n) is 4.47. The van der Waals surface area contributed by atoms with Gasteiger partial charge in [0, 0.05) is 32.7 Å². The lowest BCUT2D eigenvalue weighted by Crippen LogP contribution is -2.28. The Hall–Kier alpha value is -2.74. The lowest BCUT2D eigenvalue weighted by molar-refractivity contribution is -0.122. The van der Waals surface area contributed by atoms with Crippen molar-refractivity contribution in [3.05, 3.63) is 40.4 Å². The first-order chi connectivity index (χ1) is 12.8. The normalized spacial score (nSPS) is 16.5. The molecule has 0 radical (unpaired) electrons. The molecule has 1 aliphatic heterocycles. The summed E-state index contributed by atoms with van der Waals surface area (Å²) >= 11 is 1.15. The van der Waals surface area contributed by atoms with Crippen LogP contribution in [0.4, 0.5) is 10.8 Å². The highest BCUT2D eigenvalue weighted by Crippen LogP contribution is 2.28. The van der Waals surface area contributed by atoms with E-state index in [-0.39, 0.29) is 24.1 Å². The van der Waals surface area contributed by atoms with Gasteiger partial charge < -0.3 is 15.1 Å². The smallest absolute Gasteiger partial charge is 0.265 e. The SMILES string of the molecule is Cc1ccc(N2CC(C(=O)Nc3nc(C)c(C(=O)N(C)C)s3)CC2=O)cc1. The Morgan fingerprint density at radius 3 is 2.52 bits per heavy atom. The van der Waals surface area contributed by atoms with Gasteiger partial charge in [0.05, 0.1) is 11.6 Å². The van der Waals surface area contributed by atoms with E-state index in [9.17, 15) is 14.4 Å². The first-order valence-corrected chi connectivity index (χ1v) is 9.45. The van der Waals surface area contributed by atoms with Crippen LogP contribution >= 0.6 is 11.3 Å². The van der Waals surface area contributed by atoms with Crippen LogP contribution in [0.2, 0.25) is 0 Å². The van der Waals surface area contributed by atoms with E-state index in [1.165, 1.54) is 4.90 Å². The van der Waals surface area contributed by atoms with Crippen molar-refractivity contribution in [1.29, 1.82) is 0 Å². The van der Waals surface area contributed by atoms with Gasteiger partial charge in [0.25, 0.3) is 5.91 Å². The number of carbonyl (C=O) groups excluding carboxylic acids is 3. The van der Waals surface area contributed by atoms with Crippen molar-refractivity contribution in [2.75, 3.05) is 30.9 Å². The minimum absolute atomic E-state index is 0.0715. The summed E-state index contributed by atoms with van der Waals surface area (Å²) in [5.74, 6) is -0.920. The van der Waals surface area contributed by atoms with Crippen molar-refractivity contribution in [3.8, 4) is 0 Å². The molecule has 1 aromatic carbocycles. The Labute approximate surface area is 162 Å². The molecule has 0 bridgehead atoms. The second kappa shape index (κ2) is 7.48. The van der Waals surface area contributed by atoms with Crippen molar-refractivity contribution < 1.29 is 14.4 Å². The molecule has 7 nitrogen and oxygen atoms in total. The molecular weight excluding hydrogens is 364 g/mol. The fourth-order valence-electron chi connectivity index (χ4n) is 2.92. The Kier molecular flexibility index (Phi) is 5.27. The van der Waals surface area contributed by atoms with E-state index in [1.807, 2.05) is 31.2 Å². The molecule has 0 aliphatic carbocycles. The summed E-state index contributed by atoms with van der Waals surface area (Å²) in [6, 6.07) is 7.66. The summed E-state index contributed by atoms with van der Waals surface area (Å²) < 4.78 is 0. The van der Waals surface area contributed by atoms with Crippen LogP contribution < -0.4 is 10.2 Å². The molecule has 142 valence electrons. The number of thiazole rings is 1. The van der Waals surface area contributed by atoms with Gasteiger partial charge in [-0.25, -0.2) is 4.98 Å². The van der Waals surface area contributed by atoms with E-state index < -0.39 is 5.92 Å². The highest BCUT2D eigenvalue weighted by Gasteiger charge is 2.35. The summed E-state index contributed by atoms with van der Waals surface area (Å²) in [5, 5.41) is 3.14. The first kappa shape index (κ1) is 19.0. The topological polar surface area (TPSA) is 82.6 Å². The monoisotopic (exact) mass is 386 g/mol. The third kappa shape index (κ3) is 4.00. The molecule has 1 aromatic heterocycles. The summed E-state index contributed by atoms with van der Waals surface area (Å²) in [6.45, 7) is 4.06. The van der Waals surface area contributed by atoms with E-state index >= 15 is 0 Å². The standard InChI is InChI=1S/C19H22N4O3S/c1-11-5-7-14(8-6-11)23-10-13(9-15(23)24)17(25)21-19-20-12(2)16(27-19)18(26)22(3)4/h5-8,13H,9-10H2,1-4H3,(H,20,21,25). The fourth-order valence-corrected chi connectivity index (χ4v) is 3.91. The number of aromatic nitrogens is 1. The van der Waals surface area contributed by atoms with Gasteiger partial charge in [-0.1, -0.05) is 29.0 Å². The Morgan fingerprint density at radius 2 is 1.89 bits per heavy atom. The van der Waals surface area contributed by atoms with Crippen LogP contribution in [0.15, 0.2) is 24.3 Å². The molecule has 27 heavy (non-hydrogen) atoms. The number of carbonyl (C=O) groups is 3. The van der Waals surface area contributed by atoms with Crippen LogP contribution in [-0.2, 0) is 9.59 Å². The predicted molar refractivity (Wildman–Crippen MR) is 105 cm³/mol. The van der Waals surface area contributed by atoms with Gasteiger partial charge in [-0.15, -0.1) is 0 Å². The molecule has 1 unspecified atom stereocenters. The Balaban J connectivity index is 1.69. The number of amides is 3. The van der Waals surface area contributed by atoms with E-state index in [1.54, 1.807) is 25.9 Å². The van der Waals surface area contributed by atoms with Gasteiger partial charge in [0.1, 0.15) is 4.88 Å². The number of nitrogens with zero attached hydrogens (tertiary/aromatic N) is 3. The number of benzene rings is 1. The summed E-state index contributed by atoms with van der Waals surface area (Å²) in [6.07, 6.45) is 0.160. The number of rotatable bonds is 4. The summed E-state index contributed by atoms with van der Waals surface area (Å²) in [4.78, 5) is 44.9. The van der Waals surface area contributed by atoms with Crippen molar-refractivity contribution in [2.45, 2.75) is 20.3 Å². The van der Waals surface area contributed by atoms with Crippen molar-refractivity contribution in [2.24, 2.45) is 5.92 Å². The van der Waals surface area contributed by atoms with Gasteiger partial charge >= 0.3 is 0 Å². The molecule has 1 atom stereocenters. The maximum Gasteiger partial charge on any atom is 0.265 e. The molecular formula is C19H22N4O3S. The van der Waals surface area contributed by atoms with Gasteiger partial charge in [-0.05, 0) is 26.0 Å². The molecule has 0 saturated carbocycles. The van der Waals surface area contributed by atoms with Crippen LogP contribution in [0.5, 0.6) is 0 Å². The Morgan fingerprint density at radius 1 is 1.22 bits per heavy atom. The minimum atomic E-state index is -0.448. The zero-order chi connectivity index (χ0) is 19.7. The van der Waals surface area contributed by atoms with Gasteiger partial charge in [-0.2, -0.15) is 0 Å². The average molecular weight is 386 g/mol. The van der Waals surface area contributed by atoms with E-state index in [4.69, 9.17) is 0 Å². The number of hydrogen-bond acceptors (Lipinski definition) is 5. The molecule has 1 saturated heterocycles. The first-order valence-electron chi connectivity index (χ1n) is 8.63. The molecule has 2 aromatic rings. The predicted octanol–water partition coefficient (Wildman–Crippen LogP) is 2.45. The zero-order valence-corrected chi connectivity index (χ0v) is 16.6. The number of aryl methyl sites for hydroxylation is 2. The van der Waals surface area contributed by atoms with Crippen molar-refractivity contribution in [3.63, 3.8) is 0 Å². The van der Waals surface area contributed by atoms with Gasteiger partial charge in [0.2, 0.25) is 11.8 Å². The lowest BCUT2D eigenvalue weighted by Gasteiger charge is -2.16. The minimum Gasteiger partial charge on any atom is -0.344 e. The molecule has 1 fully saturated rings. The summed E-state index contributed by atoms with van der Waals surface area (Å²) in [7, 11) is 3.34. The second-order valence-electron chi connectivity index (χ2n) is 6.86. The average Bonchev–Trinajstić information content (AvgIpc) is 3.17. The maximum atomic E-state index is 12.6. The maximum absolute atomic E-state index is 12.6. The third-order valence-corrected chi connectivity index (χ3v) is 5.53. The number of hydrogen-bond donors (Lipinski definition) is 1. The molecule has 0 spiro atoms. The quantitative estimate of drug-likeness (QED) is 0.875. The van der Waals surface area contributed by atoms with Crippen LogP contribution in [0.3, 0.4) is 0 Å². The van der Waals surface area contributed by atoms with Gasteiger partial charge in [-0.3, -0.25) is 14.4 Å². The zero-order valence-electron chi connectivity index (χ0n) is 15.8. The molecule has 1 aliphatic rings. The van der Waals surface area contributed by atoms with Crippen LogP contribution in [-0.4, -0.2) is 48.2 Å². The van der Waals surface area contributed by atoms with E-state index in [2.05, 4.69) is 10.3 Å². The number of nitrogens with one attached hydrogen (secondary N) is 1. The van der Waals surface area contributed by atoms with Crippen LogP contribution in [0.25, 0.3) is 0 Å². The molecule has 2 heterocycles. The highest BCUT2D eigenvalue weighted by atomic mass is 32.1. The Bertz CT molecular complexity index is 889. The van der Waals surface area contributed by atoms with Crippen LogP contribution in [0, 0.1) is 19.8 Å². The lowest BCUT2D eigenvalue weighted by atomic mass is 10.1.